The monoisotopic (exact) mass is 1510 g/mol. The molecule has 12 aromatic carbocycles. The molecule has 0 aliphatic carbocycles. The number of phenols is 8. The van der Waals surface area contributed by atoms with Gasteiger partial charge in [-0.2, -0.15) is 0 Å². The molecule has 12 aromatic rings. The van der Waals surface area contributed by atoms with Crippen LogP contribution in [0.25, 0.3) is 0 Å². The molecule has 0 saturated heterocycles. The number of phenolic OH excluding ortho intramolecular Hbond substituents is 8. The highest BCUT2D eigenvalue weighted by Crippen LogP contribution is 2.55. The highest BCUT2D eigenvalue weighted by molar-refractivity contribution is 5.61. The summed E-state index contributed by atoms with van der Waals surface area (Å²) in [5.74, 6) is 8.42. The van der Waals surface area contributed by atoms with E-state index in [2.05, 4.69) is 48.5 Å². The van der Waals surface area contributed by atoms with Gasteiger partial charge in [0.05, 0.1) is 69.1 Å². The van der Waals surface area contributed by atoms with E-state index in [1.807, 2.05) is 149 Å². The second-order valence-electron chi connectivity index (χ2n) is 28.2. The molecule has 0 radical (unpaired) electrons. The summed E-state index contributed by atoms with van der Waals surface area (Å²) in [7, 11) is 9.94. The van der Waals surface area contributed by atoms with E-state index in [1.54, 1.807) is 91.2 Å². The van der Waals surface area contributed by atoms with Crippen LogP contribution in [0.4, 0.5) is 0 Å². The summed E-state index contributed by atoms with van der Waals surface area (Å²) in [6.45, 7) is 9.43. The summed E-state index contributed by atoms with van der Waals surface area (Å²) >= 11 is 0. The van der Waals surface area contributed by atoms with Crippen molar-refractivity contribution in [2.24, 2.45) is 0 Å². The third kappa shape index (κ3) is 15.9. The number of hydrogen-bond donors (Lipinski definition) is 8. The van der Waals surface area contributed by atoms with Gasteiger partial charge in [-0.05, 0) is 194 Å². The van der Waals surface area contributed by atoms with E-state index in [1.165, 1.54) is 17.7 Å². The van der Waals surface area contributed by atoms with Crippen molar-refractivity contribution in [3.63, 3.8) is 0 Å². The highest BCUT2D eigenvalue weighted by Gasteiger charge is 2.40. The lowest BCUT2D eigenvalue weighted by Crippen LogP contribution is -2.26. The Balaban J connectivity index is 0.000000131. The molecule has 0 saturated carbocycles. The van der Waals surface area contributed by atoms with Gasteiger partial charge in [-0.1, -0.05) is 109 Å². The number of methoxy groups -OCH3 is 6. The third-order valence-electron chi connectivity index (χ3n) is 22.0. The quantitative estimate of drug-likeness (QED) is 0.0471. The predicted octanol–water partition coefficient (Wildman–Crippen LogP) is 18.9. The summed E-state index contributed by atoms with van der Waals surface area (Å²) in [5.41, 5.74) is 15.8. The Morgan fingerprint density at radius 2 is 0.518 bits per heavy atom. The van der Waals surface area contributed by atoms with Crippen LogP contribution >= 0.6 is 0 Å². The van der Waals surface area contributed by atoms with Crippen molar-refractivity contribution >= 4 is 0 Å². The molecule has 8 unspecified atom stereocenters. The summed E-state index contributed by atoms with van der Waals surface area (Å²) in [6.07, 6.45) is 0. The largest absolute Gasteiger partial charge is 0.508 e. The average Bonchev–Trinajstić information content (AvgIpc) is 0.774. The molecule has 0 fully saturated rings. The van der Waals surface area contributed by atoms with Gasteiger partial charge in [-0.25, -0.2) is 0 Å². The maximum Gasteiger partial charge on any atom is 0.157 e. The SMILES string of the molecule is COc1ccc(C2c3ccc(O)c(C)c3OCC2c2ccc(O)c(O)c2)cc1.COc1ccc(C2c3ccc(O)c(C)c3OCC2c2cccc(O)c2)cc1.COc1ccc(C2c3ccc(O)c(C)c3OCC2c2cccc(OC)c2)cc1.COc1ccc(C2c3ccc(OC)c(C)c3OCC2c2ccc(O)c(O)c2)cc1. The van der Waals surface area contributed by atoms with Gasteiger partial charge in [0.15, 0.2) is 23.0 Å². The van der Waals surface area contributed by atoms with Gasteiger partial charge in [-0.3, -0.25) is 0 Å². The molecule has 18 nitrogen and oxygen atoms in total. The van der Waals surface area contributed by atoms with Gasteiger partial charge >= 0.3 is 0 Å². The van der Waals surface area contributed by atoms with Crippen LogP contribution in [0.3, 0.4) is 0 Å². The smallest absolute Gasteiger partial charge is 0.157 e. The van der Waals surface area contributed by atoms with E-state index in [9.17, 15) is 40.9 Å². The minimum Gasteiger partial charge on any atom is -0.508 e. The summed E-state index contributed by atoms with van der Waals surface area (Å²) in [4.78, 5) is 0. The van der Waals surface area contributed by atoms with E-state index >= 15 is 0 Å². The molecule has 0 amide bonds. The first-order valence-electron chi connectivity index (χ1n) is 36.9. The van der Waals surface area contributed by atoms with Crippen LogP contribution in [-0.4, -0.2) is 110 Å². The molecule has 8 N–H and O–H groups in total. The minimum absolute atomic E-state index is 0.0122. The standard InChI is InChI=1S/C24H24O5.C24H24O4.C23H22O5.C23H22O4/c1-14-22(28-3)11-9-18-23(15-4-7-17(27-2)8-5-15)19(13-29-24(14)18)16-6-10-20(25)21(26)12-16;1-15-22(25)12-11-20-23(16-7-9-18(26-2)10-8-16)21(14-28-24(15)20)17-5-4-6-19(13-17)27-3;1-13-19(24)10-8-17-22(14-3-6-16(27-2)7-4-14)18(12-28-23(13)17)15-5-9-20(25)21(26)11-15;1-14-21(25)11-10-19-22(15-6-8-18(26-2)9-7-15)20(13-27-23(14)19)16-4-3-5-17(24)12-16/h4-12,19,23,25-26H,13H2,1-3H3;4-13,21,23,25H,14H2,1-3H3;3-11,18,22,24-26H,12H2,1-2H3;3-12,20,22,24-25H,13H2,1-2H3. The molecule has 18 heteroatoms. The van der Waals surface area contributed by atoms with E-state index in [-0.39, 0.29) is 93.3 Å². The Morgan fingerprint density at radius 1 is 0.241 bits per heavy atom. The molecule has 4 aliphatic heterocycles. The molecule has 0 spiro atoms. The Kier molecular flexibility index (Phi) is 23.4. The maximum atomic E-state index is 10.1. The van der Waals surface area contributed by atoms with Crippen molar-refractivity contribution < 1.29 is 88.2 Å². The fourth-order valence-corrected chi connectivity index (χ4v) is 15.9. The molecule has 0 bridgehead atoms. The first-order valence-corrected chi connectivity index (χ1v) is 36.9. The van der Waals surface area contributed by atoms with Crippen LogP contribution in [0, 0.1) is 27.7 Å². The zero-order chi connectivity index (χ0) is 79.0. The first-order chi connectivity index (χ1) is 54.2. The molecular formula is C94H92O18. The number of rotatable bonds is 14. The number of ether oxygens (including phenoxy) is 10. The van der Waals surface area contributed by atoms with Crippen LogP contribution in [0.1, 0.15) is 136 Å². The average molecular weight is 1510 g/mol. The molecule has 4 aliphatic rings. The maximum absolute atomic E-state index is 10.1. The molecule has 8 atom stereocenters. The molecule has 16 rings (SSSR count). The third-order valence-corrected chi connectivity index (χ3v) is 22.0. The van der Waals surface area contributed by atoms with Gasteiger partial charge in [0.25, 0.3) is 0 Å². The van der Waals surface area contributed by atoms with Gasteiger partial charge in [0.2, 0.25) is 0 Å². The molecular weight excluding hydrogens is 1420 g/mol. The molecule has 576 valence electrons. The van der Waals surface area contributed by atoms with Crippen LogP contribution < -0.4 is 47.4 Å². The Bertz CT molecular complexity index is 5290. The molecule has 0 aromatic heterocycles. The zero-order valence-corrected chi connectivity index (χ0v) is 64.0. The van der Waals surface area contributed by atoms with Gasteiger partial charge < -0.3 is 88.2 Å². The normalized spacial score (nSPS) is 18.2. The lowest BCUT2D eigenvalue weighted by atomic mass is 9.75. The predicted molar refractivity (Wildman–Crippen MR) is 429 cm³/mol. The van der Waals surface area contributed by atoms with Crippen LogP contribution in [0.15, 0.2) is 231 Å². The summed E-state index contributed by atoms with van der Waals surface area (Å²) in [6, 6.07) is 72.4. The lowest BCUT2D eigenvalue weighted by molar-refractivity contribution is 0.245. The fourth-order valence-electron chi connectivity index (χ4n) is 15.9. The van der Waals surface area contributed by atoms with Crippen molar-refractivity contribution in [2.75, 3.05) is 69.1 Å². The van der Waals surface area contributed by atoms with Gasteiger partial charge in [0.1, 0.15) is 80.5 Å². The highest BCUT2D eigenvalue weighted by atomic mass is 16.5. The van der Waals surface area contributed by atoms with E-state index in [0.717, 1.165) is 130 Å². The Hall–Kier alpha value is -13.0. The molecule has 4 heterocycles. The second-order valence-corrected chi connectivity index (χ2v) is 28.2. The summed E-state index contributed by atoms with van der Waals surface area (Å²) < 4.78 is 56.6. The van der Waals surface area contributed by atoms with Crippen molar-refractivity contribution in [2.45, 2.75) is 75.0 Å². The van der Waals surface area contributed by atoms with E-state index < -0.39 is 0 Å². The van der Waals surface area contributed by atoms with Crippen molar-refractivity contribution in [1.82, 2.24) is 0 Å². The fraction of sp³-hybridized carbons (Fsp3) is 0.234. The number of fused-ring (bicyclic) bond motifs is 4. The number of aromatic hydroxyl groups is 8. The molecule has 112 heavy (non-hydrogen) atoms. The first kappa shape index (κ1) is 77.2. The van der Waals surface area contributed by atoms with Crippen LogP contribution in [0.2, 0.25) is 0 Å². The lowest BCUT2D eigenvalue weighted by Gasteiger charge is -2.35. The second kappa shape index (κ2) is 33.9. The topological polar surface area (TPSA) is 254 Å². The van der Waals surface area contributed by atoms with E-state index in [0.29, 0.717) is 37.7 Å². The van der Waals surface area contributed by atoms with Gasteiger partial charge in [-0.15, -0.1) is 0 Å². The number of benzene rings is 12. The summed E-state index contributed by atoms with van der Waals surface area (Å²) in [5, 5.41) is 79.7. The van der Waals surface area contributed by atoms with Crippen molar-refractivity contribution in [1.29, 1.82) is 0 Å². The van der Waals surface area contributed by atoms with Crippen molar-refractivity contribution in [3.8, 4) is 103 Å². The van der Waals surface area contributed by atoms with Crippen LogP contribution in [-0.2, 0) is 0 Å². The van der Waals surface area contributed by atoms with Crippen LogP contribution in [0.5, 0.6) is 103 Å². The number of hydrogen-bond acceptors (Lipinski definition) is 18. The zero-order valence-electron chi connectivity index (χ0n) is 64.0. The Morgan fingerprint density at radius 3 is 0.821 bits per heavy atom. The van der Waals surface area contributed by atoms with Crippen molar-refractivity contribution in [3.05, 3.63) is 320 Å². The minimum atomic E-state index is -0.154. The van der Waals surface area contributed by atoms with Gasteiger partial charge in [0, 0.05) is 91.9 Å². The Labute approximate surface area is 652 Å². The van der Waals surface area contributed by atoms with E-state index in [4.69, 9.17) is 47.4 Å².